The Hall–Kier alpha value is -3.17. The lowest BCUT2D eigenvalue weighted by Crippen LogP contribution is -2.20. The van der Waals surface area contributed by atoms with E-state index in [2.05, 4.69) is 22.6 Å². The number of rotatable bonds is 11. The molecule has 140 valence electrons. The summed E-state index contributed by atoms with van der Waals surface area (Å²) in [6.45, 7) is 6.07. The van der Waals surface area contributed by atoms with Crippen molar-refractivity contribution >= 4 is 29.8 Å². The van der Waals surface area contributed by atoms with E-state index in [4.69, 9.17) is 15.3 Å². The summed E-state index contributed by atoms with van der Waals surface area (Å²) in [5.74, 6) is -5.70. The topological polar surface area (TPSA) is 165 Å². The molecule has 0 saturated heterocycles. The summed E-state index contributed by atoms with van der Waals surface area (Å²) in [6.07, 6.45) is 1.26. The zero-order chi connectivity index (χ0) is 19.8. The van der Waals surface area contributed by atoms with E-state index in [-0.39, 0.29) is 26.1 Å². The molecule has 0 rings (SSSR count). The first kappa shape index (κ1) is 24.1. The molecule has 0 fully saturated rings. The van der Waals surface area contributed by atoms with Crippen LogP contribution in [0.4, 0.5) is 0 Å². The van der Waals surface area contributed by atoms with Crippen LogP contribution >= 0.6 is 0 Å². The van der Waals surface area contributed by atoms with Gasteiger partial charge in [0.1, 0.15) is 6.61 Å². The van der Waals surface area contributed by atoms with Crippen molar-refractivity contribution in [1.82, 2.24) is 0 Å². The third kappa shape index (κ3) is 17.0. The summed E-state index contributed by atoms with van der Waals surface area (Å²) in [5.41, 5.74) is 0. The summed E-state index contributed by atoms with van der Waals surface area (Å²) in [6, 6.07) is 0. The molecule has 0 spiro atoms. The first-order valence-electron chi connectivity index (χ1n) is 6.88. The van der Waals surface area contributed by atoms with Crippen LogP contribution in [0.15, 0.2) is 25.3 Å². The molecule has 0 heterocycles. The van der Waals surface area contributed by atoms with Gasteiger partial charge in [0.2, 0.25) is 0 Å². The van der Waals surface area contributed by atoms with Crippen LogP contribution in [0.1, 0.15) is 19.3 Å². The minimum atomic E-state index is -1.22. The Morgan fingerprint density at radius 1 is 0.840 bits per heavy atom. The number of carbonyl (C=O) groups excluding carboxylic acids is 2. The minimum Gasteiger partial charge on any atom is -0.481 e. The number of carboxylic acids is 3. The first-order valence-corrected chi connectivity index (χ1v) is 6.88. The highest BCUT2D eigenvalue weighted by Crippen LogP contribution is 2.09. The Labute approximate surface area is 143 Å². The third-order valence-corrected chi connectivity index (χ3v) is 2.37. The number of hydrogen-bond acceptors (Lipinski definition) is 7. The lowest BCUT2D eigenvalue weighted by atomic mass is 10.0. The molecule has 1 unspecified atom stereocenters. The molecule has 0 aliphatic carbocycles. The van der Waals surface area contributed by atoms with Crippen molar-refractivity contribution in [2.45, 2.75) is 19.3 Å². The van der Waals surface area contributed by atoms with E-state index in [1.54, 1.807) is 0 Å². The Morgan fingerprint density at radius 2 is 1.32 bits per heavy atom. The fourth-order valence-electron chi connectivity index (χ4n) is 1.18. The van der Waals surface area contributed by atoms with Crippen molar-refractivity contribution in [3.63, 3.8) is 0 Å². The van der Waals surface area contributed by atoms with E-state index in [0.29, 0.717) is 0 Å². The Bertz CT molecular complexity index is 508. The predicted octanol–water partition coefficient (Wildman–Crippen LogP) is 0.472. The number of carbonyl (C=O) groups is 5. The van der Waals surface area contributed by atoms with Crippen molar-refractivity contribution in [2.24, 2.45) is 5.92 Å². The van der Waals surface area contributed by atoms with Gasteiger partial charge in [-0.15, -0.1) is 0 Å². The average molecular weight is 360 g/mol. The SMILES string of the molecule is C=CC(=O)OCCC(=O)O.C=CC(=O)OCCC(CC(=O)O)C(=O)O. The molecule has 10 nitrogen and oxygen atoms in total. The van der Waals surface area contributed by atoms with Gasteiger partial charge in [0.15, 0.2) is 0 Å². The highest BCUT2D eigenvalue weighted by Gasteiger charge is 2.20. The van der Waals surface area contributed by atoms with E-state index in [1.807, 2.05) is 0 Å². The first-order chi connectivity index (χ1) is 11.6. The predicted molar refractivity (Wildman–Crippen MR) is 82.6 cm³/mol. The molecular formula is C15H20O10. The van der Waals surface area contributed by atoms with Crippen LogP contribution in [-0.4, -0.2) is 58.4 Å². The molecule has 0 saturated carbocycles. The van der Waals surface area contributed by atoms with Gasteiger partial charge in [-0.05, 0) is 6.42 Å². The van der Waals surface area contributed by atoms with Crippen LogP contribution in [0.5, 0.6) is 0 Å². The van der Waals surface area contributed by atoms with Gasteiger partial charge in [-0.2, -0.15) is 0 Å². The van der Waals surface area contributed by atoms with E-state index in [1.165, 1.54) is 0 Å². The van der Waals surface area contributed by atoms with Crippen LogP contribution in [0.25, 0.3) is 0 Å². The maximum Gasteiger partial charge on any atom is 0.330 e. The second-order valence-electron chi connectivity index (χ2n) is 4.31. The minimum absolute atomic E-state index is 0.0266. The van der Waals surface area contributed by atoms with Crippen LogP contribution in [-0.2, 0) is 33.4 Å². The number of aliphatic carboxylic acids is 3. The van der Waals surface area contributed by atoms with Gasteiger partial charge in [0.25, 0.3) is 0 Å². The normalized spacial score (nSPS) is 10.2. The lowest BCUT2D eigenvalue weighted by molar-refractivity contribution is -0.150. The van der Waals surface area contributed by atoms with E-state index in [0.717, 1.165) is 12.2 Å². The number of carboxylic acid groups (broad SMARTS) is 3. The quantitative estimate of drug-likeness (QED) is 0.348. The van der Waals surface area contributed by atoms with E-state index in [9.17, 15) is 24.0 Å². The maximum atomic E-state index is 10.6. The summed E-state index contributed by atoms with van der Waals surface area (Å²) in [7, 11) is 0. The molecule has 0 bridgehead atoms. The Kier molecular flexibility index (Phi) is 13.9. The number of ether oxygens (including phenoxy) is 2. The zero-order valence-electron chi connectivity index (χ0n) is 13.4. The molecular weight excluding hydrogens is 340 g/mol. The molecule has 0 aromatic carbocycles. The highest BCUT2D eigenvalue weighted by molar-refractivity contribution is 5.81. The average Bonchev–Trinajstić information content (AvgIpc) is 2.53. The maximum absolute atomic E-state index is 10.6. The van der Waals surface area contributed by atoms with Gasteiger partial charge in [0, 0.05) is 12.2 Å². The Morgan fingerprint density at radius 3 is 1.68 bits per heavy atom. The van der Waals surface area contributed by atoms with Crippen molar-refractivity contribution < 1.29 is 48.8 Å². The molecule has 0 radical (unpaired) electrons. The summed E-state index contributed by atoms with van der Waals surface area (Å²) < 4.78 is 8.90. The van der Waals surface area contributed by atoms with Gasteiger partial charge in [-0.1, -0.05) is 13.2 Å². The van der Waals surface area contributed by atoms with Gasteiger partial charge in [-0.3, -0.25) is 14.4 Å². The van der Waals surface area contributed by atoms with Gasteiger partial charge in [-0.25, -0.2) is 9.59 Å². The Balaban J connectivity index is 0. The van der Waals surface area contributed by atoms with Gasteiger partial charge >= 0.3 is 29.8 Å². The molecule has 1 atom stereocenters. The fraction of sp³-hybridized carbons (Fsp3) is 0.400. The van der Waals surface area contributed by atoms with Gasteiger partial charge in [0.05, 0.1) is 25.4 Å². The van der Waals surface area contributed by atoms with Crippen molar-refractivity contribution in [3.8, 4) is 0 Å². The van der Waals surface area contributed by atoms with E-state index < -0.39 is 42.2 Å². The van der Waals surface area contributed by atoms with Crippen molar-refractivity contribution in [3.05, 3.63) is 25.3 Å². The lowest BCUT2D eigenvalue weighted by Gasteiger charge is -2.08. The number of esters is 2. The fourth-order valence-corrected chi connectivity index (χ4v) is 1.18. The molecule has 0 aromatic heterocycles. The van der Waals surface area contributed by atoms with Gasteiger partial charge < -0.3 is 24.8 Å². The third-order valence-electron chi connectivity index (χ3n) is 2.37. The second-order valence-corrected chi connectivity index (χ2v) is 4.31. The molecule has 0 amide bonds. The summed E-state index contributed by atoms with van der Waals surface area (Å²) in [5, 5.41) is 25.1. The van der Waals surface area contributed by atoms with Crippen molar-refractivity contribution in [1.29, 1.82) is 0 Å². The highest BCUT2D eigenvalue weighted by atomic mass is 16.5. The number of hydrogen-bond donors (Lipinski definition) is 3. The van der Waals surface area contributed by atoms with Crippen molar-refractivity contribution in [2.75, 3.05) is 13.2 Å². The van der Waals surface area contributed by atoms with Crippen LogP contribution in [0, 0.1) is 5.92 Å². The van der Waals surface area contributed by atoms with Crippen LogP contribution < -0.4 is 0 Å². The smallest absolute Gasteiger partial charge is 0.330 e. The molecule has 3 N–H and O–H groups in total. The van der Waals surface area contributed by atoms with E-state index >= 15 is 0 Å². The monoisotopic (exact) mass is 360 g/mol. The molecule has 0 aromatic rings. The summed E-state index contributed by atoms with van der Waals surface area (Å²) in [4.78, 5) is 51.5. The van der Waals surface area contributed by atoms with Crippen LogP contribution in [0.2, 0.25) is 0 Å². The molecule has 0 aliphatic heterocycles. The van der Waals surface area contributed by atoms with Crippen LogP contribution in [0.3, 0.4) is 0 Å². The zero-order valence-corrected chi connectivity index (χ0v) is 13.4. The second kappa shape index (κ2) is 14.4. The molecule has 25 heavy (non-hydrogen) atoms. The largest absolute Gasteiger partial charge is 0.481 e. The molecule has 10 heteroatoms. The summed E-state index contributed by atoms with van der Waals surface area (Å²) >= 11 is 0. The standard InChI is InChI=1S/C9H12O6.C6H8O4/c1-2-8(12)15-4-3-6(9(13)14)5-7(10)11;1-2-6(9)10-4-3-5(7)8/h2,6H,1,3-5H2,(H,10,11)(H,13,14);2H,1,3-4H2,(H,7,8). The molecule has 0 aliphatic rings.